The Labute approximate surface area is 259 Å². The number of aromatic nitrogens is 1. The van der Waals surface area contributed by atoms with E-state index in [1.807, 2.05) is 17.9 Å². The second-order valence-electron chi connectivity index (χ2n) is 11.1. The van der Waals surface area contributed by atoms with Crippen molar-refractivity contribution in [2.75, 3.05) is 33.2 Å². The number of hydrogen-bond donors (Lipinski definition) is 1. The molecule has 3 aromatic rings. The van der Waals surface area contributed by atoms with Crippen molar-refractivity contribution >= 4 is 40.6 Å². The Bertz CT molecular complexity index is 1520. The van der Waals surface area contributed by atoms with Gasteiger partial charge in [-0.15, -0.1) is 0 Å². The van der Waals surface area contributed by atoms with Crippen LogP contribution in [0, 0.1) is 0 Å². The largest absolute Gasteiger partial charge is 0.360 e. The molecule has 1 aromatic heterocycles. The standard InChI is InChI=1S/C30H30ClN3O2.C5H11NO/c1-20-19-33(29(23-12-8-5-9-13-23)22-10-6-3-4-7-11-22)14-15-34(20)30(36)25-16-24-26(21(2)35)18-32-28(24)17-27(25)31;1-3-4-6(2)5-7/h3-6,8-13,16-18,20,29,32H,7,14-15,19H2,1-2H3;5H,3-4H2,1-2H3. The first-order valence-corrected chi connectivity index (χ1v) is 15.2. The van der Waals surface area contributed by atoms with E-state index in [1.54, 1.807) is 30.3 Å². The molecule has 1 saturated heterocycles. The average Bonchev–Trinajstić information content (AvgIpc) is 3.23. The Balaban J connectivity index is 0.000000541. The topological polar surface area (TPSA) is 76.7 Å². The van der Waals surface area contributed by atoms with E-state index >= 15 is 0 Å². The van der Waals surface area contributed by atoms with Gasteiger partial charge in [0, 0.05) is 61.9 Å². The molecule has 0 saturated carbocycles. The Hall–Kier alpha value is -3.94. The Morgan fingerprint density at radius 2 is 1.91 bits per heavy atom. The third-order valence-electron chi connectivity index (χ3n) is 7.88. The Morgan fingerprint density at radius 1 is 1.14 bits per heavy atom. The number of rotatable bonds is 8. The lowest BCUT2D eigenvalue weighted by Gasteiger charge is -2.44. The summed E-state index contributed by atoms with van der Waals surface area (Å²) in [5, 5.41) is 1.12. The summed E-state index contributed by atoms with van der Waals surface area (Å²) in [6.45, 7) is 8.61. The molecular weight excluding hydrogens is 560 g/mol. The molecule has 2 atom stereocenters. The lowest BCUT2D eigenvalue weighted by Crippen LogP contribution is -2.54. The number of carbonyl (C=O) groups is 3. The monoisotopic (exact) mass is 600 g/mol. The van der Waals surface area contributed by atoms with Gasteiger partial charge in [-0.25, -0.2) is 0 Å². The van der Waals surface area contributed by atoms with Gasteiger partial charge in [0.2, 0.25) is 6.41 Å². The fraction of sp³-hybridized carbons (Fsp3) is 0.343. The molecule has 226 valence electrons. The van der Waals surface area contributed by atoms with Crippen LogP contribution < -0.4 is 0 Å². The van der Waals surface area contributed by atoms with Gasteiger partial charge >= 0.3 is 0 Å². The molecule has 1 fully saturated rings. The van der Waals surface area contributed by atoms with Crippen LogP contribution in [0.4, 0.5) is 0 Å². The van der Waals surface area contributed by atoms with Gasteiger partial charge < -0.3 is 14.8 Å². The molecule has 1 N–H and O–H groups in total. The molecular formula is C35H41ClN4O3. The Morgan fingerprint density at radius 3 is 2.56 bits per heavy atom. The molecule has 7 nitrogen and oxygen atoms in total. The number of fused-ring (bicyclic) bond motifs is 1. The van der Waals surface area contributed by atoms with Crippen molar-refractivity contribution in [2.24, 2.45) is 0 Å². The first-order chi connectivity index (χ1) is 20.7. The van der Waals surface area contributed by atoms with Crippen LogP contribution in [-0.2, 0) is 4.79 Å². The molecule has 2 aliphatic rings. The van der Waals surface area contributed by atoms with Crippen LogP contribution in [-0.4, -0.2) is 77.1 Å². The number of H-pyrrole nitrogens is 1. The molecule has 8 heteroatoms. The van der Waals surface area contributed by atoms with Gasteiger partial charge in [-0.05, 0) is 50.0 Å². The number of carbonyl (C=O) groups excluding carboxylic acids is 3. The van der Waals surface area contributed by atoms with Crippen LogP contribution >= 0.6 is 11.6 Å². The summed E-state index contributed by atoms with van der Waals surface area (Å²) >= 11 is 6.55. The molecule has 5 rings (SSSR count). The van der Waals surface area contributed by atoms with Gasteiger partial charge in [-0.3, -0.25) is 19.3 Å². The fourth-order valence-corrected chi connectivity index (χ4v) is 5.97. The van der Waals surface area contributed by atoms with Crippen molar-refractivity contribution in [2.45, 2.75) is 45.7 Å². The minimum absolute atomic E-state index is 0.00351. The molecule has 2 aromatic carbocycles. The first kappa shape index (κ1) is 32.0. The van der Waals surface area contributed by atoms with Crippen molar-refractivity contribution in [3.8, 4) is 0 Å². The fourth-order valence-electron chi connectivity index (χ4n) is 5.73. The highest BCUT2D eigenvalue weighted by Crippen LogP contribution is 2.34. The predicted octanol–water partition coefficient (Wildman–Crippen LogP) is 6.84. The van der Waals surface area contributed by atoms with Crippen LogP contribution in [0.25, 0.3) is 10.9 Å². The zero-order valence-electron chi connectivity index (χ0n) is 25.4. The third kappa shape index (κ3) is 7.72. The van der Waals surface area contributed by atoms with E-state index in [2.05, 4.69) is 71.5 Å². The van der Waals surface area contributed by atoms with Crippen molar-refractivity contribution in [1.82, 2.24) is 19.7 Å². The van der Waals surface area contributed by atoms with Gasteiger partial charge in [0.15, 0.2) is 5.78 Å². The third-order valence-corrected chi connectivity index (χ3v) is 8.19. The van der Waals surface area contributed by atoms with Gasteiger partial charge in [0.1, 0.15) is 0 Å². The number of benzene rings is 2. The van der Waals surface area contributed by atoms with E-state index in [4.69, 9.17) is 11.6 Å². The summed E-state index contributed by atoms with van der Waals surface area (Å²) in [5.74, 6) is -0.147. The summed E-state index contributed by atoms with van der Waals surface area (Å²) < 4.78 is 0. The second-order valence-corrected chi connectivity index (χ2v) is 11.5. The van der Waals surface area contributed by atoms with E-state index in [0.29, 0.717) is 22.7 Å². The van der Waals surface area contributed by atoms with Gasteiger partial charge in [-0.2, -0.15) is 0 Å². The number of Topliss-reactive ketones (excluding diaryl/α,β-unsaturated/α-hetero) is 1. The first-order valence-electron chi connectivity index (χ1n) is 14.8. The second kappa shape index (κ2) is 15.0. The number of halogens is 1. The van der Waals surface area contributed by atoms with Crippen LogP contribution in [0.1, 0.15) is 65.9 Å². The molecule has 2 amide bonds. The van der Waals surface area contributed by atoms with Crippen molar-refractivity contribution < 1.29 is 14.4 Å². The molecule has 2 heterocycles. The molecule has 2 unspecified atom stereocenters. The normalized spacial score (nSPS) is 17.5. The van der Waals surface area contributed by atoms with E-state index < -0.39 is 0 Å². The smallest absolute Gasteiger partial charge is 0.255 e. The predicted molar refractivity (Wildman–Crippen MR) is 175 cm³/mol. The van der Waals surface area contributed by atoms with E-state index in [1.165, 1.54) is 18.1 Å². The number of hydrogen-bond acceptors (Lipinski definition) is 4. The van der Waals surface area contributed by atoms with E-state index in [-0.39, 0.29) is 23.8 Å². The van der Waals surface area contributed by atoms with Gasteiger partial charge in [0.25, 0.3) is 5.91 Å². The molecule has 43 heavy (non-hydrogen) atoms. The summed E-state index contributed by atoms with van der Waals surface area (Å²) in [5.41, 5.74) is 4.28. The zero-order chi connectivity index (χ0) is 30.9. The van der Waals surface area contributed by atoms with Crippen LogP contribution in [0.15, 0.2) is 84.6 Å². The summed E-state index contributed by atoms with van der Waals surface area (Å²) in [6.07, 6.45) is 15.3. The number of aromatic amines is 1. The number of nitrogens with one attached hydrogen (secondary N) is 1. The van der Waals surface area contributed by atoms with Gasteiger partial charge in [-0.1, -0.05) is 79.2 Å². The minimum Gasteiger partial charge on any atom is -0.360 e. The van der Waals surface area contributed by atoms with E-state index in [0.717, 1.165) is 49.8 Å². The van der Waals surface area contributed by atoms with Crippen LogP contribution in [0.5, 0.6) is 0 Å². The van der Waals surface area contributed by atoms with Crippen molar-refractivity contribution in [1.29, 1.82) is 0 Å². The highest BCUT2D eigenvalue weighted by Gasteiger charge is 2.34. The van der Waals surface area contributed by atoms with Crippen molar-refractivity contribution in [3.05, 3.63) is 106 Å². The number of ketones is 1. The lowest BCUT2D eigenvalue weighted by atomic mass is 9.94. The number of allylic oxidation sites excluding steroid dienone is 4. The maximum absolute atomic E-state index is 13.7. The molecule has 0 bridgehead atoms. The number of amides is 2. The molecule has 1 aliphatic heterocycles. The average molecular weight is 601 g/mol. The minimum atomic E-state index is -0.0983. The van der Waals surface area contributed by atoms with Gasteiger partial charge in [0.05, 0.1) is 16.6 Å². The van der Waals surface area contributed by atoms with Crippen LogP contribution in [0.3, 0.4) is 0 Å². The maximum Gasteiger partial charge on any atom is 0.255 e. The maximum atomic E-state index is 13.7. The highest BCUT2D eigenvalue weighted by atomic mass is 35.5. The van der Waals surface area contributed by atoms with E-state index in [9.17, 15) is 14.4 Å². The zero-order valence-corrected chi connectivity index (χ0v) is 26.2. The molecule has 0 spiro atoms. The molecule has 0 radical (unpaired) electrons. The van der Waals surface area contributed by atoms with Crippen LogP contribution in [0.2, 0.25) is 5.02 Å². The lowest BCUT2D eigenvalue weighted by molar-refractivity contribution is -0.117. The van der Waals surface area contributed by atoms with Crippen molar-refractivity contribution in [3.63, 3.8) is 0 Å². The highest BCUT2D eigenvalue weighted by molar-refractivity contribution is 6.35. The molecule has 1 aliphatic carbocycles. The Kier molecular flexibility index (Phi) is 11.1. The number of nitrogens with zero attached hydrogens (tertiary/aromatic N) is 3. The summed E-state index contributed by atoms with van der Waals surface area (Å²) in [4.78, 5) is 44.6. The summed E-state index contributed by atoms with van der Waals surface area (Å²) in [7, 11) is 1.77. The number of piperazine rings is 1. The summed E-state index contributed by atoms with van der Waals surface area (Å²) in [6, 6.07) is 14.2. The SMILES string of the molecule is CC(=O)c1c[nH]c2cc(Cl)c(C(=O)N3CCN(C(C4=CCC=CC=C4)c4ccccc4)CC3C)cc12.CCCN(C)C=O. The quantitative estimate of drug-likeness (QED) is 0.227.